The van der Waals surface area contributed by atoms with Crippen molar-refractivity contribution in [3.05, 3.63) is 34.3 Å². The zero-order valence-corrected chi connectivity index (χ0v) is 14.0. The number of nitrogens with zero attached hydrogens (tertiary/aromatic N) is 2. The summed E-state index contributed by atoms with van der Waals surface area (Å²) in [4.78, 5) is 10.6. The van der Waals surface area contributed by atoms with Gasteiger partial charge in [0.25, 0.3) is 0 Å². The van der Waals surface area contributed by atoms with Gasteiger partial charge in [-0.15, -0.1) is 11.3 Å². The fraction of sp³-hybridized carbons (Fsp3) is 0.500. The molecule has 0 saturated carbocycles. The molecule has 1 atom stereocenters. The minimum atomic E-state index is 0.316. The Morgan fingerprint density at radius 1 is 1.19 bits per heavy atom. The Balaban J connectivity index is 2.10. The van der Waals surface area contributed by atoms with Crippen LogP contribution in [0.1, 0.15) is 44.3 Å². The second-order valence-electron chi connectivity index (χ2n) is 5.51. The SMILES string of the molecule is CCNc1cc(NC(C)Cc2cccs2)nc(C(C)C)n1. The third-order valence-corrected chi connectivity index (χ3v) is 4.00. The highest BCUT2D eigenvalue weighted by Crippen LogP contribution is 2.19. The van der Waals surface area contributed by atoms with E-state index in [1.807, 2.05) is 6.07 Å². The molecule has 2 heterocycles. The molecule has 0 aliphatic rings. The van der Waals surface area contributed by atoms with Gasteiger partial charge in [-0.25, -0.2) is 9.97 Å². The zero-order valence-electron chi connectivity index (χ0n) is 13.2. The smallest absolute Gasteiger partial charge is 0.135 e. The highest BCUT2D eigenvalue weighted by Gasteiger charge is 2.10. The van der Waals surface area contributed by atoms with Crippen molar-refractivity contribution in [1.82, 2.24) is 9.97 Å². The van der Waals surface area contributed by atoms with Crippen molar-refractivity contribution in [3.63, 3.8) is 0 Å². The summed E-state index contributed by atoms with van der Waals surface area (Å²) >= 11 is 1.80. The molecule has 2 aromatic heterocycles. The highest BCUT2D eigenvalue weighted by atomic mass is 32.1. The Bertz CT molecular complexity index is 551. The number of nitrogens with one attached hydrogen (secondary N) is 2. The first-order valence-electron chi connectivity index (χ1n) is 7.50. The lowest BCUT2D eigenvalue weighted by atomic mass is 10.2. The molecule has 0 spiro atoms. The van der Waals surface area contributed by atoms with Gasteiger partial charge in [-0.2, -0.15) is 0 Å². The largest absolute Gasteiger partial charge is 0.370 e. The summed E-state index contributed by atoms with van der Waals surface area (Å²) in [6.45, 7) is 9.35. The van der Waals surface area contributed by atoms with Crippen LogP contribution in [0.5, 0.6) is 0 Å². The summed E-state index contributed by atoms with van der Waals surface area (Å²) in [5.74, 6) is 2.98. The normalized spacial score (nSPS) is 12.4. The Labute approximate surface area is 131 Å². The van der Waals surface area contributed by atoms with Crippen molar-refractivity contribution in [2.24, 2.45) is 0 Å². The van der Waals surface area contributed by atoms with E-state index in [1.54, 1.807) is 11.3 Å². The summed E-state index contributed by atoms with van der Waals surface area (Å²) in [6, 6.07) is 6.60. The van der Waals surface area contributed by atoms with E-state index in [4.69, 9.17) is 0 Å². The summed E-state index contributed by atoms with van der Waals surface area (Å²) in [6.07, 6.45) is 1.01. The molecule has 21 heavy (non-hydrogen) atoms. The van der Waals surface area contributed by atoms with Crippen LogP contribution < -0.4 is 10.6 Å². The molecule has 0 aliphatic carbocycles. The van der Waals surface area contributed by atoms with Gasteiger partial charge in [0.05, 0.1) is 0 Å². The number of hydrogen-bond acceptors (Lipinski definition) is 5. The van der Waals surface area contributed by atoms with E-state index < -0.39 is 0 Å². The van der Waals surface area contributed by atoms with E-state index >= 15 is 0 Å². The molecule has 1 unspecified atom stereocenters. The van der Waals surface area contributed by atoms with E-state index in [0.717, 1.165) is 30.4 Å². The molecular weight excluding hydrogens is 280 g/mol. The lowest BCUT2D eigenvalue weighted by Crippen LogP contribution is -2.19. The van der Waals surface area contributed by atoms with Gasteiger partial charge in [0.1, 0.15) is 17.5 Å². The van der Waals surface area contributed by atoms with Crippen molar-refractivity contribution in [2.45, 2.75) is 46.1 Å². The first-order chi connectivity index (χ1) is 10.1. The van der Waals surface area contributed by atoms with Crippen molar-refractivity contribution in [3.8, 4) is 0 Å². The van der Waals surface area contributed by atoms with Gasteiger partial charge in [0.2, 0.25) is 0 Å². The molecule has 2 rings (SSSR count). The lowest BCUT2D eigenvalue weighted by molar-refractivity contribution is 0.757. The van der Waals surface area contributed by atoms with Crippen molar-refractivity contribution >= 4 is 23.0 Å². The average Bonchev–Trinajstić information content (AvgIpc) is 2.91. The Kier molecular flexibility index (Phi) is 5.56. The summed E-state index contributed by atoms with van der Waals surface area (Å²) in [7, 11) is 0. The van der Waals surface area contributed by atoms with Crippen molar-refractivity contribution in [1.29, 1.82) is 0 Å². The van der Waals surface area contributed by atoms with Crippen LogP contribution >= 0.6 is 11.3 Å². The third-order valence-electron chi connectivity index (χ3n) is 3.10. The fourth-order valence-corrected chi connectivity index (χ4v) is 2.94. The number of hydrogen-bond donors (Lipinski definition) is 2. The van der Waals surface area contributed by atoms with E-state index in [2.05, 4.69) is 65.8 Å². The molecule has 5 heteroatoms. The molecule has 0 bridgehead atoms. The average molecular weight is 304 g/mol. The number of thiophene rings is 1. The summed E-state index contributed by atoms with van der Waals surface area (Å²) in [5.41, 5.74) is 0. The van der Waals surface area contributed by atoms with E-state index in [1.165, 1.54) is 4.88 Å². The van der Waals surface area contributed by atoms with Gasteiger partial charge < -0.3 is 10.6 Å². The third kappa shape index (κ3) is 4.70. The van der Waals surface area contributed by atoms with Crippen LogP contribution in [0, 0.1) is 0 Å². The molecule has 4 nitrogen and oxygen atoms in total. The second-order valence-corrected chi connectivity index (χ2v) is 6.54. The second kappa shape index (κ2) is 7.41. The minimum Gasteiger partial charge on any atom is -0.370 e. The van der Waals surface area contributed by atoms with E-state index in [-0.39, 0.29) is 0 Å². The van der Waals surface area contributed by atoms with E-state index in [0.29, 0.717) is 12.0 Å². The first-order valence-corrected chi connectivity index (χ1v) is 8.38. The highest BCUT2D eigenvalue weighted by molar-refractivity contribution is 7.09. The molecule has 114 valence electrons. The standard InChI is InChI=1S/C16H24N4S/c1-5-17-14-10-15(20-16(19-14)11(2)3)18-12(4)9-13-7-6-8-21-13/h6-8,10-12H,5,9H2,1-4H3,(H2,17,18,19,20). The zero-order chi connectivity index (χ0) is 15.2. The number of anilines is 2. The van der Waals surface area contributed by atoms with Crippen LogP contribution in [0.4, 0.5) is 11.6 Å². The Morgan fingerprint density at radius 2 is 1.95 bits per heavy atom. The van der Waals surface area contributed by atoms with Gasteiger partial charge in [0, 0.05) is 35.9 Å². The lowest BCUT2D eigenvalue weighted by Gasteiger charge is -2.16. The van der Waals surface area contributed by atoms with Crippen LogP contribution in [0.15, 0.2) is 23.6 Å². The van der Waals surface area contributed by atoms with Crippen molar-refractivity contribution in [2.75, 3.05) is 17.2 Å². The molecule has 0 amide bonds. The predicted molar refractivity (Wildman–Crippen MR) is 91.4 cm³/mol. The number of aromatic nitrogens is 2. The molecular formula is C16H24N4S. The summed E-state index contributed by atoms with van der Waals surface area (Å²) in [5, 5.41) is 8.88. The quantitative estimate of drug-likeness (QED) is 0.807. The molecule has 0 fully saturated rings. The molecule has 0 aliphatic heterocycles. The maximum atomic E-state index is 4.63. The summed E-state index contributed by atoms with van der Waals surface area (Å²) < 4.78 is 0. The van der Waals surface area contributed by atoms with E-state index in [9.17, 15) is 0 Å². The maximum absolute atomic E-state index is 4.63. The van der Waals surface area contributed by atoms with Crippen LogP contribution in [-0.4, -0.2) is 22.6 Å². The van der Waals surface area contributed by atoms with Crippen LogP contribution in [0.3, 0.4) is 0 Å². The molecule has 0 radical (unpaired) electrons. The molecule has 2 N–H and O–H groups in total. The molecule has 0 saturated heterocycles. The predicted octanol–water partition coefficient (Wildman–Crippen LogP) is 4.14. The van der Waals surface area contributed by atoms with Gasteiger partial charge in [-0.1, -0.05) is 19.9 Å². The number of rotatable bonds is 7. The molecule has 0 aromatic carbocycles. The Hall–Kier alpha value is -1.62. The fourth-order valence-electron chi connectivity index (χ4n) is 2.10. The van der Waals surface area contributed by atoms with Gasteiger partial charge >= 0.3 is 0 Å². The topological polar surface area (TPSA) is 49.8 Å². The van der Waals surface area contributed by atoms with Gasteiger partial charge in [-0.05, 0) is 25.3 Å². The maximum Gasteiger partial charge on any atom is 0.135 e. The first kappa shape index (κ1) is 15.8. The molecule has 2 aromatic rings. The Morgan fingerprint density at radius 3 is 2.57 bits per heavy atom. The monoisotopic (exact) mass is 304 g/mol. The van der Waals surface area contributed by atoms with Crippen LogP contribution in [0.25, 0.3) is 0 Å². The minimum absolute atomic E-state index is 0.316. The van der Waals surface area contributed by atoms with Crippen LogP contribution in [0.2, 0.25) is 0 Å². The van der Waals surface area contributed by atoms with Crippen LogP contribution in [-0.2, 0) is 6.42 Å². The van der Waals surface area contributed by atoms with Gasteiger partial charge in [-0.3, -0.25) is 0 Å². The van der Waals surface area contributed by atoms with Crippen molar-refractivity contribution < 1.29 is 0 Å². The van der Waals surface area contributed by atoms with Gasteiger partial charge in [0.15, 0.2) is 0 Å².